The molecule has 118 valence electrons. The number of nitrogens with zero attached hydrogens (tertiary/aromatic N) is 2. The minimum Gasteiger partial charge on any atom is -0.461 e. The fourth-order valence-electron chi connectivity index (χ4n) is 2.00. The molecule has 0 aliphatic heterocycles. The van der Waals surface area contributed by atoms with Crippen molar-refractivity contribution in [2.75, 3.05) is 6.61 Å². The molecule has 0 bridgehead atoms. The molecular formula is C17H17N3O2S. The first-order valence-electron chi connectivity index (χ1n) is 7.61. The van der Waals surface area contributed by atoms with Gasteiger partial charge >= 0.3 is 5.97 Å². The Morgan fingerprint density at radius 3 is 3.13 bits per heavy atom. The largest absolute Gasteiger partial charge is 0.461 e. The smallest absolute Gasteiger partial charge is 0.361 e. The summed E-state index contributed by atoms with van der Waals surface area (Å²) < 4.78 is 4.97. The van der Waals surface area contributed by atoms with E-state index in [0.717, 1.165) is 22.8 Å². The number of benzene rings is 1. The normalized spacial score (nSPS) is 13.3. The monoisotopic (exact) mass is 327 g/mol. The number of hydrogen-bond acceptors (Lipinski definition) is 5. The van der Waals surface area contributed by atoms with Crippen LogP contribution in [-0.2, 0) is 4.74 Å². The predicted octanol–water partition coefficient (Wildman–Crippen LogP) is 3.28. The number of H-pyrrole nitrogens is 1. The van der Waals surface area contributed by atoms with Gasteiger partial charge in [0.25, 0.3) is 0 Å². The number of carbonyl (C=O) groups is 1. The van der Waals surface area contributed by atoms with E-state index in [2.05, 4.69) is 27.3 Å². The molecule has 1 saturated carbocycles. The third-order valence-electron chi connectivity index (χ3n) is 3.36. The van der Waals surface area contributed by atoms with Gasteiger partial charge in [0.2, 0.25) is 5.69 Å². The summed E-state index contributed by atoms with van der Waals surface area (Å²) in [7, 11) is 0. The first-order valence-corrected chi connectivity index (χ1v) is 8.43. The summed E-state index contributed by atoms with van der Waals surface area (Å²) in [5.41, 5.74) is 1.18. The molecule has 1 N–H and O–H groups in total. The Morgan fingerprint density at radius 1 is 1.48 bits per heavy atom. The zero-order valence-electron chi connectivity index (χ0n) is 12.8. The van der Waals surface area contributed by atoms with Crippen LogP contribution in [0.15, 0.2) is 34.2 Å². The zero-order valence-corrected chi connectivity index (χ0v) is 13.7. The van der Waals surface area contributed by atoms with Gasteiger partial charge in [-0.2, -0.15) is 0 Å². The van der Waals surface area contributed by atoms with Crippen LogP contribution in [0.25, 0.3) is 0 Å². The number of carbonyl (C=O) groups excluding carboxylic acids is 1. The van der Waals surface area contributed by atoms with Crippen molar-refractivity contribution in [2.24, 2.45) is 5.92 Å². The molecule has 1 fully saturated rings. The van der Waals surface area contributed by atoms with Gasteiger partial charge in [-0.1, -0.05) is 34.9 Å². The molecule has 0 saturated heterocycles. The summed E-state index contributed by atoms with van der Waals surface area (Å²) >= 11 is 1.39. The Hall–Kier alpha value is -2.26. The van der Waals surface area contributed by atoms with Crippen LogP contribution in [0.2, 0.25) is 0 Å². The molecule has 1 heterocycles. The van der Waals surface area contributed by atoms with Crippen molar-refractivity contribution in [3.05, 3.63) is 35.5 Å². The van der Waals surface area contributed by atoms with Crippen molar-refractivity contribution in [1.29, 1.82) is 0 Å². The maximum Gasteiger partial charge on any atom is 0.361 e. The van der Waals surface area contributed by atoms with E-state index in [0.29, 0.717) is 11.6 Å². The maximum atomic E-state index is 11.8. The van der Waals surface area contributed by atoms with Crippen molar-refractivity contribution < 1.29 is 9.53 Å². The number of rotatable bonds is 5. The van der Waals surface area contributed by atoms with E-state index in [1.54, 1.807) is 6.92 Å². The van der Waals surface area contributed by atoms with Crippen molar-refractivity contribution >= 4 is 17.7 Å². The summed E-state index contributed by atoms with van der Waals surface area (Å²) in [4.78, 5) is 12.8. The molecular weight excluding hydrogens is 310 g/mol. The predicted molar refractivity (Wildman–Crippen MR) is 87.1 cm³/mol. The number of aromatic nitrogens is 3. The maximum absolute atomic E-state index is 11.8. The lowest BCUT2D eigenvalue weighted by atomic mass is 10.2. The van der Waals surface area contributed by atoms with Crippen molar-refractivity contribution in [3.8, 4) is 11.8 Å². The number of hydrogen-bond donors (Lipinski definition) is 1. The Bertz CT molecular complexity index is 756. The van der Waals surface area contributed by atoms with Crippen LogP contribution < -0.4 is 0 Å². The lowest BCUT2D eigenvalue weighted by Crippen LogP contribution is -2.06. The SMILES string of the molecule is CCOC(=O)c1nn[nH]c1Sc1cccc(C#CCC2CC2)c1. The standard InChI is InChI=1S/C17H17N3O2S/c1-2-22-17(21)15-16(19-20-18-15)23-14-8-4-7-13(11-14)6-3-5-12-9-10-12/h4,7-8,11-12H,2,5,9-10H2,1H3,(H,18,19,20). The Balaban J connectivity index is 1.71. The van der Waals surface area contributed by atoms with Crippen LogP contribution in [-0.4, -0.2) is 28.0 Å². The van der Waals surface area contributed by atoms with Gasteiger partial charge in [0, 0.05) is 16.9 Å². The van der Waals surface area contributed by atoms with Gasteiger partial charge in [0.15, 0.2) is 0 Å². The van der Waals surface area contributed by atoms with Gasteiger partial charge in [0.05, 0.1) is 6.61 Å². The van der Waals surface area contributed by atoms with Crippen LogP contribution in [0.1, 0.15) is 42.2 Å². The first kappa shape index (κ1) is 15.6. The number of aromatic amines is 1. The van der Waals surface area contributed by atoms with Crippen LogP contribution in [0.3, 0.4) is 0 Å². The minimum atomic E-state index is -0.468. The summed E-state index contributed by atoms with van der Waals surface area (Å²) in [5, 5.41) is 10.8. The lowest BCUT2D eigenvalue weighted by Gasteiger charge is -2.02. The average Bonchev–Trinajstić information content (AvgIpc) is 3.25. The van der Waals surface area contributed by atoms with Gasteiger partial charge in [-0.25, -0.2) is 4.79 Å². The summed E-state index contributed by atoms with van der Waals surface area (Å²) in [6, 6.07) is 7.91. The van der Waals surface area contributed by atoms with Crippen LogP contribution in [0, 0.1) is 17.8 Å². The van der Waals surface area contributed by atoms with Crippen molar-refractivity contribution in [2.45, 2.75) is 36.1 Å². The highest BCUT2D eigenvalue weighted by Crippen LogP contribution is 2.32. The molecule has 3 rings (SSSR count). The second kappa shape index (κ2) is 7.34. The third kappa shape index (κ3) is 4.36. The molecule has 1 aromatic heterocycles. The number of nitrogens with one attached hydrogen (secondary N) is 1. The van der Waals surface area contributed by atoms with Crippen molar-refractivity contribution in [1.82, 2.24) is 15.4 Å². The van der Waals surface area contributed by atoms with E-state index in [1.807, 2.05) is 24.3 Å². The van der Waals surface area contributed by atoms with E-state index >= 15 is 0 Å². The zero-order chi connectivity index (χ0) is 16.1. The summed E-state index contributed by atoms with van der Waals surface area (Å²) in [6.45, 7) is 2.07. The van der Waals surface area contributed by atoms with E-state index in [-0.39, 0.29) is 5.69 Å². The number of esters is 1. The van der Waals surface area contributed by atoms with E-state index < -0.39 is 5.97 Å². The van der Waals surface area contributed by atoms with Gasteiger partial charge in [-0.15, -0.1) is 5.10 Å². The molecule has 5 nitrogen and oxygen atoms in total. The topological polar surface area (TPSA) is 67.9 Å². The molecule has 23 heavy (non-hydrogen) atoms. The molecule has 0 spiro atoms. The minimum absolute atomic E-state index is 0.210. The van der Waals surface area contributed by atoms with Gasteiger partial charge < -0.3 is 4.74 Å². The van der Waals surface area contributed by atoms with Crippen LogP contribution in [0.5, 0.6) is 0 Å². The molecule has 0 amide bonds. The molecule has 1 aliphatic rings. The molecule has 0 radical (unpaired) electrons. The number of ether oxygens (including phenoxy) is 1. The molecule has 1 aromatic carbocycles. The molecule has 1 aliphatic carbocycles. The van der Waals surface area contributed by atoms with E-state index in [9.17, 15) is 4.79 Å². The van der Waals surface area contributed by atoms with E-state index in [4.69, 9.17) is 4.74 Å². The third-order valence-corrected chi connectivity index (χ3v) is 4.34. The van der Waals surface area contributed by atoms with Gasteiger partial charge in [-0.05, 0) is 43.9 Å². The second-order valence-electron chi connectivity index (χ2n) is 5.29. The van der Waals surface area contributed by atoms with E-state index in [1.165, 1.54) is 24.6 Å². The Labute approximate surface area is 139 Å². The molecule has 0 unspecified atom stereocenters. The first-order chi connectivity index (χ1) is 11.3. The Kier molecular flexibility index (Phi) is 4.99. The van der Waals surface area contributed by atoms with Crippen molar-refractivity contribution in [3.63, 3.8) is 0 Å². The fraction of sp³-hybridized carbons (Fsp3) is 0.353. The fourth-order valence-corrected chi connectivity index (χ4v) is 2.87. The summed E-state index contributed by atoms with van der Waals surface area (Å²) in [5.74, 6) is 6.77. The molecule has 0 atom stereocenters. The van der Waals surface area contributed by atoms with Gasteiger partial charge in [0.1, 0.15) is 5.03 Å². The van der Waals surface area contributed by atoms with Crippen LogP contribution >= 0.6 is 11.8 Å². The Morgan fingerprint density at radius 2 is 2.35 bits per heavy atom. The second-order valence-corrected chi connectivity index (χ2v) is 6.37. The quantitative estimate of drug-likeness (QED) is 0.674. The highest BCUT2D eigenvalue weighted by atomic mass is 32.2. The average molecular weight is 327 g/mol. The highest BCUT2D eigenvalue weighted by molar-refractivity contribution is 7.99. The molecule has 6 heteroatoms. The molecule has 2 aromatic rings. The summed E-state index contributed by atoms with van der Waals surface area (Å²) in [6.07, 6.45) is 3.61. The lowest BCUT2D eigenvalue weighted by molar-refractivity contribution is 0.0515. The van der Waals surface area contributed by atoms with Gasteiger partial charge in [-0.3, -0.25) is 5.10 Å². The van der Waals surface area contributed by atoms with Crippen LogP contribution in [0.4, 0.5) is 0 Å². The highest BCUT2D eigenvalue weighted by Gasteiger charge is 2.19.